The molecule has 0 saturated heterocycles. The van der Waals surface area contributed by atoms with E-state index >= 15 is 0 Å². The van der Waals surface area contributed by atoms with Crippen molar-refractivity contribution in [3.63, 3.8) is 0 Å². The van der Waals surface area contributed by atoms with Crippen LogP contribution in [0.4, 0.5) is 5.69 Å². The topological polar surface area (TPSA) is 29.5 Å². The Balaban J connectivity index is 2.76. The number of hydrogen-bond acceptors (Lipinski definition) is 3. The van der Waals surface area contributed by atoms with Crippen LogP contribution >= 0.6 is 0 Å². The summed E-state index contributed by atoms with van der Waals surface area (Å²) in [7, 11) is 0.694. The number of rotatable bonds is 6. The van der Waals surface area contributed by atoms with Crippen molar-refractivity contribution in [2.45, 2.75) is 20.0 Å². The minimum absolute atomic E-state index is 0.266. The van der Waals surface area contributed by atoms with Crippen LogP contribution in [0.2, 0.25) is 13.1 Å². The molecule has 0 aliphatic rings. The summed E-state index contributed by atoms with van der Waals surface area (Å²) in [6.07, 6.45) is 1.01. The van der Waals surface area contributed by atoms with E-state index in [4.69, 9.17) is 4.74 Å². The van der Waals surface area contributed by atoms with Gasteiger partial charge in [-0.25, -0.2) is 4.79 Å². The number of hydrogen-bond donors (Lipinski definition) is 0. The van der Waals surface area contributed by atoms with Gasteiger partial charge in [-0.3, -0.25) is 0 Å². The molecular formula is C15H23NO2Si. The second-order valence-electron chi connectivity index (χ2n) is 5.32. The first kappa shape index (κ1) is 15.5. The molecule has 1 aromatic rings. The number of carbonyl (C=O) groups excluding carboxylic acids is 1. The molecule has 4 heteroatoms. The Morgan fingerprint density at radius 3 is 2.42 bits per heavy atom. The number of esters is 1. The Hall–Kier alpha value is -1.55. The Bertz CT molecular complexity index is 440. The highest BCUT2D eigenvalue weighted by atomic mass is 28.3. The van der Waals surface area contributed by atoms with Crippen LogP contribution in [0.25, 0.3) is 0 Å². The van der Waals surface area contributed by atoms with Gasteiger partial charge in [0.15, 0.2) is 0 Å². The molecule has 0 N–H and O–H groups in total. The second kappa shape index (κ2) is 6.57. The smallest absolute Gasteiger partial charge is 0.338 e. The predicted octanol–water partition coefficient (Wildman–Crippen LogP) is 3.27. The number of benzene rings is 1. The molecule has 1 rings (SSSR count). The fraction of sp³-hybridized carbons (Fsp3) is 0.400. The highest BCUT2D eigenvalue weighted by Crippen LogP contribution is 2.17. The molecule has 0 heterocycles. The highest BCUT2D eigenvalue weighted by molar-refractivity contribution is 6.82. The summed E-state index contributed by atoms with van der Waals surface area (Å²) >= 11 is 0. The quantitative estimate of drug-likeness (QED) is 0.590. The van der Waals surface area contributed by atoms with Crippen molar-refractivity contribution in [1.82, 2.24) is 0 Å². The molecule has 0 radical (unpaired) electrons. The largest absolute Gasteiger partial charge is 0.462 e. The second-order valence-corrected chi connectivity index (χ2v) is 10.0. The van der Waals surface area contributed by atoms with Gasteiger partial charge in [0, 0.05) is 18.9 Å². The van der Waals surface area contributed by atoms with E-state index in [-0.39, 0.29) is 5.97 Å². The summed E-state index contributed by atoms with van der Waals surface area (Å²) in [5, 5.41) is 0. The zero-order valence-corrected chi connectivity index (χ0v) is 13.3. The van der Waals surface area contributed by atoms with Crippen molar-refractivity contribution < 1.29 is 9.53 Å². The summed E-state index contributed by atoms with van der Waals surface area (Å²) in [4.78, 5) is 13.8. The summed E-state index contributed by atoms with van der Waals surface area (Å²) < 4.78 is 4.97. The molecule has 0 fully saturated rings. The van der Waals surface area contributed by atoms with Crippen LogP contribution in [0.15, 0.2) is 36.5 Å². The monoisotopic (exact) mass is 277 g/mol. The Morgan fingerprint density at radius 1 is 1.37 bits per heavy atom. The molecule has 0 aromatic heterocycles. The molecule has 0 bridgehead atoms. The van der Waals surface area contributed by atoms with E-state index in [1.165, 1.54) is 0 Å². The van der Waals surface area contributed by atoms with E-state index in [0.717, 1.165) is 11.9 Å². The molecule has 0 aliphatic heterocycles. The van der Waals surface area contributed by atoms with Crippen molar-refractivity contribution >= 4 is 19.7 Å². The van der Waals surface area contributed by atoms with Crippen molar-refractivity contribution in [2.24, 2.45) is 0 Å². The zero-order chi connectivity index (χ0) is 14.5. The van der Waals surface area contributed by atoms with Crippen LogP contribution in [0.1, 0.15) is 17.3 Å². The lowest BCUT2D eigenvalue weighted by Crippen LogP contribution is -2.39. The van der Waals surface area contributed by atoms with Gasteiger partial charge in [-0.05, 0) is 31.2 Å². The Labute approximate surface area is 116 Å². The average molecular weight is 277 g/mol. The van der Waals surface area contributed by atoms with Gasteiger partial charge in [-0.15, -0.1) is 12.3 Å². The standard InChI is InChI=1S/C15H23NO2Si/c1-6-18-15(17)13-8-10-14(11-9-13)16(3)12-19(4,5)7-2/h7-11H,2,6,12H2,1,3-5H3. The van der Waals surface area contributed by atoms with Crippen molar-refractivity contribution in [1.29, 1.82) is 0 Å². The minimum Gasteiger partial charge on any atom is -0.462 e. The molecule has 0 aliphatic carbocycles. The normalized spacial score (nSPS) is 10.9. The number of nitrogens with zero attached hydrogens (tertiary/aromatic N) is 1. The van der Waals surface area contributed by atoms with Gasteiger partial charge < -0.3 is 9.64 Å². The summed E-state index contributed by atoms with van der Waals surface area (Å²) in [6.45, 7) is 10.7. The van der Waals surface area contributed by atoms with E-state index in [1.54, 1.807) is 0 Å². The van der Waals surface area contributed by atoms with E-state index in [2.05, 4.69) is 37.3 Å². The molecule has 3 nitrogen and oxygen atoms in total. The van der Waals surface area contributed by atoms with Crippen LogP contribution in [0, 0.1) is 0 Å². The highest BCUT2D eigenvalue weighted by Gasteiger charge is 2.19. The molecule has 19 heavy (non-hydrogen) atoms. The lowest BCUT2D eigenvalue weighted by atomic mass is 10.2. The first-order valence-corrected chi connectivity index (χ1v) is 9.80. The van der Waals surface area contributed by atoms with E-state index < -0.39 is 8.07 Å². The Kier molecular flexibility index (Phi) is 5.36. The van der Waals surface area contributed by atoms with Crippen molar-refractivity contribution in [3.05, 3.63) is 42.1 Å². The van der Waals surface area contributed by atoms with Crippen LogP contribution in [0.5, 0.6) is 0 Å². The van der Waals surface area contributed by atoms with Crippen LogP contribution in [0.3, 0.4) is 0 Å². The summed E-state index contributed by atoms with van der Waals surface area (Å²) in [5.41, 5.74) is 3.80. The third kappa shape index (κ3) is 4.56. The fourth-order valence-corrected chi connectivity index (χ4v) is 3.37. The maximum atomic E-state index is 11.6. The third-order valence-corrected chi connectivity index (χ3v) is 5.41. The van der Waals surface area contributed by atoms with Crippen LogP contribution in [-0.2, 0) is 4.74 Å². The lowest BCUT2D eigenvalue weighted by molar-refractivity contribution is 0.0526. The lowest BCUT2D eigenvalue weighted by Gasteiger charge is -2.27. The maximum absolute atomic E-state index is 11.6. The number of carbonyl (C=O) groups is 1. The molecule has 0 atom stereocenters. The van der Waals surface area contributed by atoms with Crippen LogP contribution < -0.4 is 4.90 Å². The fourth-order valence-electron chi connectivity index (χ4n) is 1.83. The Morgan fingerprint density at radius 2 is 1.95 bits per heavy atom. The first-order valence-electron chi connectivity index (χ1n) is 6.51. The van der Waals surface area contributed by atoms with Crippen molar-refractivity contribution in [3.8, 4) is 0 Å². The van der Waals surface area contributed by atoms with Gasteiger partial charge in [0.1, 0.15) is 0 Å². The zero-order valence-electron chi connectivity index (χ0n) is 12.3. The van der Waals surface area contributed by atoms with E-state index in [1.807, 2.05) is 31.2 Å². The minimum atomic E-state index is -1.37. The molecule has 0 spiro atoms. The maximum Gasteiger partial charge on any atom is 0.338 e. The third-order valence-electron chi connectivity index (χ3n) is 3.02. The van der Waals surface area contributed by atoms with E-state index in [0.29, 0.717) is 12.2 Å². The molecule has 0 unspecified atom stereocenters. The molecule has 0 saturated carbocycles. The van der Waals surface area contributed by atoms with Gasteiger partial charge in [-0.2, -0.15) is 0 Å². The van der Waals surface area contributed by atoms with Gasteiger partial charge in [0.05, 0.1) is 20.2 Å². The number of ether oxygens (including phenoxy) is 1. The van der Waals surface area contributed by atoms with Gasteiger partial charge in [-0.1, -0.05) is 13.1 Å². The SMILES string of the molecule is C=C[Si](C)(C)CN(C)c1ccc(C(=O)OCC)cc1. The predicted molar refractivity (Wildman–Crippen MR) is 83.3 cm³/mol. The molecule has 0 amide bonds. The first-order chi connectivity index (χ1) is 8.89. The van der Waals surface area contributed by atoms with Gasteiger partial charge in [0.2, 0.25) is 0 Å². The summed E-state index contributed by atoms with van der Waals surface area (Å²) in [6, 6.07) is 7.54. The van der Waals surface area contributed by atoms with Gasteiger partial charge in [0.25, 0.3) is 0 Å². The van der Waals surface area contributed by atoms with E-state index in [9.17, 15) is 4.79 Å². The van der Waals surface area contributed by atoms with Crippen LogP contribution in [-0.4, -0.2) is 33.9 Å². The summed E-state index contributed by atoms with van der Waals surface area (Å²) in [5.74, 6) is -0.266. The molecule has 104 valence electrons. The van der Waals surface area contributed by atoms with Gasteiger partial charge >= 0.3 is 5.97 Å². The van der Waals surface area contributed by atoms with Crippen molar-refractivity contribution in [2.75, 3.05) is 24.7 Å². The number of anilines is 1. The molecule has 1 aromatic carbocycles. The average Bonchev–Trinajstić information content (AvgIpc) is 2.38. The molecular weight excluding hydrogens is 254 g/mol.